The SMILES string of the molecule is C=C(C)C(=O)Cl.C=C(C)C(=O)Nc1cc(Nc2ncc(Cl)c(Nc3ccccc3P(C)(C)=O)n2)ccc1N1CCC2(CC1)CC(N(C)C)C2.CN(C)C1CC2(CCN(c3ccc(Nc4ncc(Cl)c(Nc5ccccc5P(C)(C)=O)n4)cc3N)CC2)C1. The molecule has 2 aliphatic carbocycles. The summed E-state index contributed by atoms with van der Waals surface area (Å²) in [6, 6.07) is 28.2. The van der Waals surface area contributed by atoms with Crippen molar-refractivity contribution < 1.29 is 18.7 Å². The molecule has 2 aliphatic heterocycles. The third-order valence-corrected chi connectivity index (χ3v) is 20.9. The molecule has 0 radical (unpaired) electrons. The number of carbonyl (C=O) groups is 2. The first-order valence-corrected chi connectivity index (χ1v) is 35.5. The molecular weight excluding hydrogens is 1200 g/mol. The lowest BCUT2D eigenvalue weighted by Gasteiger charge is -2.54. The molecule has 7 N–H and O–H groups in total. The van der Waals surface area contributed by atoms with E-state index in [9.17, 15) is 18.7 Å². The Balaban J connectivity index is 0.000000208. The number of halogens is 3. The van der Waals surface area contributed by atoms with E-state index in [1.54, 1.807) is 46.7 Å². The van der Waals surface area contributed by atoms with E-state index in [0.29, 0.717) is 89.6 Å². The Morgan fingerprint density at radius 1 is 0.598 bits per heavy atom. The summed E-state index contributed by atoms with van der Waals surface area (Å²) >= 11 is 17.7. The first-order chi connectivity index (χ1) is 41.0. The average molecular weight is 1280 g/mol. The van der Waals surface area contributed by atoms with Gasteiger partial charge in [0.2, 0.25) is 17.1 Å². The van der Waals surface area contributed by atoms with Gasteiger partial charge in [-0.25, -0.2) is 9.97 Å². The number of nitrogen functional groups attached to an aromatic ring is 1. The van der Waals surface area contributed by atoms with Crippen LogP contribution in [0, 0.1) is 10.8 Å². The van der Waals surface area contributed by atoms with Crippen LogP contribution >= 0.6 is 49.1 Å². The molecule has 464 valence electrons. The lowest BCUT2D eigenvalue weighted by Crippen LogP contribution is -2.53. The molecule has 23 heteroatoms. The molecule has 4 aliphatic rings. The van der Waals surface area contributed by atoms with Crippen LogP contribution in [0.3, 0.4) is 0 Å². The predicted molar refractivity (Wildman–Crippen MR) is 366 cm³/mol. The summed E-state index contributed by atoms with van der Waals surface area (Å²) in [6.07, 6.45) is 12.9. The molecule has 0 bridgehead atoms. The van der Waals surface area contributed by atoms with Gasteiger partial charge in [-0.1, -0.05) is 60.6 Å². The minimum absolute atomic E-state index is 0.225. The molecule has 4 fully saturated rings. The van der Waals surface area contributed by atoms with Crippen LogP contribution in [-0.2, 0) is 18.7 Å². The highest BCUT2D eigenvalue weighted by Gasteiger charge is 2.48. The van der Waals surface area contributed by atoms with Crippen molar-refractivity contribution in [2.24, 2.45) is 10.8 Å². The lowest BCUT2D eigenvalue weighted by molar-refractivity contribution is -0.112. The van der Waals surface area contributed by atoms with Crippen LogP contribution in [0.2, 0.25) is 10.0 Å². The number of hydrogen-bond acceptors (Lipinski definition) is 17. The number of hydrogen-bond donors (Lipinski definition) is 6. The van der Waals surface area contributed by atoms with E-state index in [0.717, 1.165) is 73.1 Å². The van der Waals surface area contributed by atoms with Crippen molar-refractivity contribution >= 4 is 140 Å². The molecule has 2 spiro atoms. The van der Waals surface area contributed by atoms with Crippen LogP contribution in [0.25, 0.3) is 0 Å². The number of para-hydroxylation sites is 2. The van der Waals surface area contributed by atoms with Crippen LogP contribution in [0.1, 0.15) is 65.2 Å². The monoisotopic (exact) mass is 1280 g/mol. The van der Waals surface area contributed by atoms with Gasteiger partial charge in [-0.05, 0) is 203 Å². The Labute approximate surface area is 528 Å². The number of nitrogens with two attached hydrogens (primary N) is 1. The Kier molecular flexibility index (Phi) is 21.3. The molecule has 18 nitrogen and oxygen atoms in total. The molecular formula is C64H83Cl3N14O4P2. The van der Waals surface area contributed by atoms with Crippen LogP contribution in [-0.4, -0.2) is 134 Å². The molecule has 0 unspecified atom stereocenters. The van der Waals surface area contributed by atoms with Crippen molar-refractivity contribution in [1.29, 1.82) is 0 Å². The summed E-state index contributed by atoms with van der Waals surface area (Å²) in [4.78, 5) is 49.9. The molecule has 87 heavy (non-hydrogen) atoms. The van der Waals surface area contributed by atoms with Gasteiger partial charge in [-0.3, -0.25) is 9.59 Å². The number of rotatable bonds is 17. The summed E-state index contributed by atoms with van der Waals surface area (Å²) in [6.45, 7) is 21.3. The maximum atomic E-state index is 12.8. The molecule has 2 aromatic heterocycles. The summed E-state index contributed by atoms with van der Waals surface area (Å²) in [5.74, 6) is 1.31. The van der Waals surface area contributed by atoms with Crippen LogP contribution in [0.4, 0.5) is 69.0 Å². The Morgan fingerprint density at radius 3 is 1.37 bits per heavy atom. The van der Waals surface area contributed by atoms with E-state index in [2.05, 4.69) is 114 Å². The molecule has 4 aromatic carbocycles. The number of carbonyl (C=O) groups excluding carboxylic acids is 2. The standard InChI is InChI=1S/C32H41ClN7O2P.C28H37ClN7OP.C4H5ClO/c1-21(2)30(41)37-26-17-22(11-12-27(26)40-15-13-32(14-16-40)18-23(19-32)39(3)4)35-31-34-20-24(33)29(38-31)36-25-9-7-8-10-28(25)43(5,6)42;1-35(2)20-16-28(17-20)11-13-36(14-12-28)24-10-9-19(15-22(24)30)32-27-31-18-21(29)26(34-27)33-23-7-5-6-8-25(23)38(3,4)37;1-3(2)4(5)6/h7-12,17,20,23H,1,13-16,18-19H2,2-6H3,(H,37,41)(H2,34,35,36,38);5-10,15,18,20H,11-14,16-17,30H2,1-4H3,(H2,31,32,33,34);1H2,2H3. The van der Waals surface area contributed by atoms with Crippen molar-refractivity contribution in [3.8, 4) is 0 Å². The van der Waals surface area contributed by atoms with Crippen molar-refractivity contribution in [2.75, 3.05) is 123 Å². The zero-order chi connectivity index (χ0) is 63.2. The number of nitrogens with one attached hydrogen (secondary N) is 5. The Morgan fingerprint density at radius 2 is 0.989 bits per heavy atom. The minimum Gasteiger partial charge on any atom is -0.397 e. The van der Waals surface area contributed by atoms with E-state index < -0.39 is 19.5 Å². The summed E-state index contributed by atoms with van der Waals surface area (Å²) in [5.41, 5.74) is 14.7. The van der Waals surface area contributed by atoms with Crippen LogP contribution < -0.4 is 52.7 Å². The second-order valence-electron chi connectivity index (χ2n) is 24.8. The molecule has 0 atom stereocenters. The molecule has 6 aromatic rings. The van der Waals surface area contributed by atoms with Crippen molar-refractivity contribution in [3.05, 3.63) is 132 Å². The van der Waals surface area contributed by atoms with Gasteiger partial charge in [0, 0.05) is 71.4 Å². The van der Waals surface area contributed by atoms with Gasteiger partial charge < -0.3 is 61.0 Å². The summed E-state index contributed by atoms with van der Waals surface area (Å²) in [7, 11) is 3.67. The number of nitrogens with zero attached hydrogens (tertiary/aromatic N) is 8. The minimum atomic E-state index is -2.54. The number of aromatic nitrogens is 4. The van der Waals surface area contributed by atoms with Crippen molar-refractivity contribution in [2.45, 2.75) is 77.3 Å². The van der Waals surface area contributed by atoms with E-state index in [1.165, 1.54) is 44.7 Å². The second kappa shape index (κ2) is 27.9. The largest absolute Gasteiger partial charge is 0.397 e. The molecule has 2 saturated heterocycles. The van der Waals surface area contributed by atoms with E-state index in [1.807, 2.05) is 78.9 Å². The normalized spacial score (nSPS) is 17.0. The second-order valence-corrected chi connectivity index (χ2v) is 32.4. The molecule has 1 amide bonds. The number of anilines is 12. The predicted octanol–water partition coefficient (Wildman–Crippen LogP) is 13.8. The number of amides is 1. The van der Waals surface area contributed by atoms with E-state index in [-0.39, 0.29) is 5.91 Å². The average Bonchev–Trinajstić information content (AvgIpc) is 0.969. The zero-order valence-electron chi connectivity index (χ0n) is 51.6. The smallest absolute Gasteiger partial charge is 0.250 e. The highest BCUT2D eigenvalue weighted by molar-refractivity contribution is 7.70. The molecule has 2 saturated carbocycles. The lowest BCUT2D eigenvalue weighted by atomic mass is 9.60. The van der Waals surface area contributed by atoms with Crippen molar-refractivity contribution in [3.63, 3.8) is 0 Å². The fourth-order valence-corrected chi connectivity index (χ4v) is 14.2. The third-order valence-electron chi connectivity index (χ3n) is 16.9. The number of allylic oxidation sites excluding steroid dienone is 1. The Bertz CT molecular complexity index is 3590. The molecule has 4 heterocycles. The number of benzene rings is 4. The summed E-state index contributed by atoms with van der Waals surface area (Å²) < 4.78 is 25.6. The first kappa shape index (κ1) is 66.5. The van der Waals surface area contributed by atoms with Gasteiger partial charge in [0.15, 0.2) is 11.6 Å². The molecule has 10 rings (SSSR count). The zero-order valence-corrected chi connectivity index (χ0v) is 55.7. The van der Waals surface area contributed by atoms with Crippen LogP contribution in [0.15, 0.2) is 122 Å². The quantitative estimate of drug-likeness (QED) is 0.0216. The van der Waals surface area contributed by atoms with Gasteiger partial charge in [0.25, 0.3) is 5.91 Å². The third kappa shape index (κ3) is 17.0. The van der Waals surface area contributed by atoms with Gasteiger partial charge in [-0.2, -0.15) is 9.97 Å². The van der Waals surface area contributed by atoms with Gasteiger partial charge >= 0.3 is 0 Å². The topological polar surface area (TPSA) is 219 Å². The maximum absolute atomic E-state index is 12.8. The van der Waals surface area contributed by atoms with Gasteiger partial charge in [-0.15, -0.1) is 0 Å². The Hall–Kier alpha value is -6.49. The van der Waals surface area contributed by atoms with Crippen LogP contribution in [0.5, 0.6) is 0 Å². The highest BCUT2D eigenvalue weighted by Crippen LogP contribution is 2.53. The summed E-state index contributed by atoms with van der Waals surface area (Å²) in [5, 5.41) is 17.7. The van der Waals surface area contributed by atoms with Crippen molar-refractivity contribution in [1.82, 2.24) is 29.7 Å². The fraction of sp³-hybridized carbons (Fsp3) is 0.406. The van der Waals surface area contributed by atoms with Gasteiger partial charge in [0.05, 0.1) is 46.5 Å². The number of piperidine rings is 2. The van der Waals surface area contributed by atoms with E-state index in [4.69, 9.17) is 40.5 Å². The first-order valence-electron chi connectivity index (χ1n) is 29.1. The maximum Gasteiger partial charge on any atom is 0.250 e. The fourth-order valence-electron chi connectivity index (χ4n) is 11.7. The van der Waals surface area contributed by atoms with Gasteiger partial charge in [0.1, 0.15) is 24.3 Å². The van der Waals surface area contributed by atoms with E-state index >= 15 is 0 Å². The highest BCUT2D eigenvalue weighted by atomic mass is 35.5.